The standard InChI is InChI=1S/C16H23N5O2S/c1-20(15-4-3-5-17-19-15)9-14-10-21(6-7-23-14)8-13-12-24-16(18-13)11-22-2/h3-5,12,14H,6-11H2,1-2H3/t14-/m1/s1. The summed E-state index contributed by atoms with van der Waals surface area (Å²) in [7, 11) is 3.71. The van der Waals surface area contributed by atoms with E-state index >= 15 is 0 Å². The molecule has 24 heavy (non-hydrogen) atoms. The first-order chi connectivity index (χ1) is 11.7. The molecule has 130 valence electrons. The van der Waals surface area contributed by atoms with Crippen molar-refractivity contribution in [1.29, 1.82) is 0 Å². The van der Waals surface area contributed by atoms with Gasteiger partial charge in [0.05, 0.1) is 25.0 Å². The lowest BCUT2D eigenvalue weighted by atomic mass is 10.2. The number of thiazole rings is 1. The van der Waals surface area contributed by atoms with E-state index in [9.17, 15) is 0 Å². The summed E-state index contributed by atoms with van der Waals surface area (Å²) < 4.78 is 11.0. The van der Waals surface area contributed by atoms with Crippen molar-refractivity contribution in [2.75, 3.05) is 45.3 Å². The first-order valence-corrected chi connectivity index (χ1v) is 8.87. The van der Waals surface area contributed by atoms with Crippen molar-refractivity contribution < 1.29 is 9.47 Å². The zero-order valence-corrected chi connectivity index (χ0v) is 14.9. The Morgan fingerprint density at radius 2 is 2.42 bits per heavy atom. The number of ether oxygens (including phenoxy) is 2. The van der Waals surface area contributed by atoms with Crippen molar-refractivity contribution in [3.63, 3.8) is 0 Å². The monoisotopic (exact) mass is 349 g/mol. The molecule has 0 aliphatic carbocycles. The van der Waals surface area contributed by atoms with E-state index in [0.29, 0.717) is 6.61 Å². The lowest BCUT2D eigenvalue weighted by molar-refractivity contribution is -0.0268. The van der Waals surface area contributed by atoms with Crippen LogP contribution in [0.5, 0.6) is 0 Å². The summed E-state index contributed by atoms with van der Waals surface area (Å²) in [5.41, 5.74) is 1.11. The van der Waals surface area contributed by atoms with E-state index in [4.69, 9.17) is 9.47 Å². The second kappa shape index (κ2) is 8.48. The van der Waals surface area contributed by atoms with Crippen LogP contribution in [0.15, 0.2) is 23.7 Å². The van der Waals surface area contributed by atoms with E-state index in [1.165, 1.54) is 0 Å². The normalized spacial score (nSPS) is 18.7. The molecule has 0 bridgehead atoms. The molecule has 3 rings (SSSR count). The van der Waals surface area contributed by atoms with Gasteiger partial charge < -0.3 is 14.4 Å². The molecule has 2 aromatic heterocycles. The van der Waals surface area contributed by atoms with Crippen molar-refractivity contribution in [2.24, 2.45) is 0 Å². The average molecular weight is 349 g/mol. The van der Waals surface area contributed by atoms with Crippen molar-refractivity contribution in [3.05, 3.63) is 34.4 Å². The fourth-order valence-corrected chi connectivity index (χ4v) is 3.53. The second-order valence-corrected chi connectivity index (χ2v) is 6.80. The molecule has 1 aliphatic rings. The quantitative estimate of drug-likeness (QED) is 0.749. The molecule has 7 nitrogen and oxygen atoms in total. The Labute approximate surface area is 146 Å². The summed E-state index contributed by atoms with van der Waals surface area (Å²) in [5.74, 6) is 0.863. The summed E-state index contributed by atoms with van der Waals surface area (Å²) in [5, 5.41) is 11.2. The molecule has 0 amide bonds. The highest BCUT2D eigenvalue weighted by Crippen LogP contribution is 2.16. The van der Waals surface area contributed by atoms with Crippen LogP contribution < -0.4 is 4.90 Å². The fraction of sp³-hybridized carbons (Fsp3) is 0.562. The van der Waals surface area contributed by atoms with Crippen LogP contribution in [-0.4, -0.2) is 66.6 Å². The lowest BCUT2D eigenvalue weighted by Gasteiger charge is -2.34. The predicted octanol–water partition coefficient (Wildman–Crippen LogP) is 1.42. The number of aromatic nitrogens is 3. The van der Waals surface area contributed by atoms with Gasteiger partial charge in [0.25, 0.3) is 0 Å². The van der Waals surface area contributed by atoms with Gasteiger partial charge in [-0.05, 0) is 12.1 Å². The molecule has 2 aromatic rings. The Morgan fingerprint density at radius 3 is 3.21 bits per heavy atom. The van der Waals surface area contributed by atoms with E-state index in [1.807, 2.05) is 19.2 Å². The smallest absolute Gasteiger partial charge is 0.151 e. The number of hydrogen-bond acceptors (Lipinski definition) is 8. The molecule has 1 fully saturated rings. The zero-order valence-electron chi connectivity index (χ0n) is 14.1. The highest BCUT2D eigenvalue weighted by atomic mass is 32.1. The Hall–Kier alpha value is -1.61. The van der Waals surface area contributed by atoms with Gasteiger partial charge in [0.15, 0.2) is 5.82 Å². The number of methoxy groups -OCH3 is 1. The van der Waals surface area contributed by atoms with Crippen LogP contribution in [0.1, 0.15) is 10.7 Å². The van der Waals surface area contributed by atoms with Gasteiger partial charge in [0.2, 0.25) is 0 Å². The minimum absolute atomic E-state index is 0.155. The molecule has 0 saturated carbocycles. The minimum Gasteiger partial charge on any atom is -0.378 e. The van der Waals surface area contributed by atoms with Gasteiger partial charge in [-0.1, -0.05) is 0 Å². The maximum atomic E-state index is 5.91. The summed E-state index contributed by atoms with van der Waals surface area (Å²) in [4.78, 5) is 9.09. The molecule has 0 radical (unpaired) electrons. The first kappa shape index (κ1) is 17.2. The maximum Gasteiger partial charge on any atom is 0.151 e. The van der Waals surface area contributed by atoms with Crippen LogP contribution in [0, 0.1) is 0 Å². The van der Waals surface area contributed by atoms with E-state index in [0.717, 1.165) is 49.3 Å². The van der Waals surface area contributed by atoms with Crippen molar-refractivity contribution in [2.45, 2.75) is 19.3 Å². The molecule has 0 N–H and O–H groups in total. The molecular weight excluding hydrogens is 326 g/mol. The summed E-state index contributed by atoms with van der Waals surface area (Å²) in [6.45, 7) is 4.80. The molecule has 1 saturated heterocycles. The highest BCUT2D eigenvalue weighted by molar-refractivity contribution is 7.09. The number of likely N-dealkylation sites (N-methyl/N-ethyl adjacent to an activating group) is 1. The van der Waals surface area contributed by atoms with E-state index in [-0.39, 0.29) is 6.10 Å². The number of rotatable bonds is 7. The van der Waals surface area contributed by atoms with Crippen LogP contribution in [0.4, 0.5) is 5.82 Å². The summed E-state index contributed by atoms with van der Waals surface area (Å²) in [6, 6.07) is 3.85. The highest BCUT2D eigenvalue weighted by Gasteiger charge is 2.23. The third kappa shape index (κ3) is 4.70. The molecule has 1 aliphatic heterocycles. The summed E-state index contributed by atoms with van der Waals surface area (Å²) >= 11 is 1.65. The Bertz CT molecular complexity index is 624. The van der Waals surface area contributed by atoms with Crippen LogP contribution in [-0.2, 0) is 22.6 Å². The van der Waals surface area contributed by atoms with Crippen LogP contribution in [0.3, 0.4) is 0 Å². The minimum atomic E-state index is 0.155. The van der Waals surface area contributed by atoms with Gasteiger partial charge >= 0.3 is 0 Å². The van der Waals surface area contributed by atoms with Gasteiger partial charge in [0.1, 0.15) is 5.01 Å². The maximum absolute atomic E-state index is 5.91. The van der Waals surface area contributed by atoms with Crippen LogP contribution in [0.25, 0.3) is 0 Å². The Morgan fingerprint density at radius 1 is 1.50 bits per heavy atom. The van der Waals surface area contributed by atoms with Gasteiger partial charge in [-0.3, -0.25) is 4.90 Å². The van der Waals surface area contributed by atoms with Crippen molar-refractivity contribution >= 4 is 17.2 Å². The SMILES string of the molecule is COCc1nc(CN2CCO[C@H](CN(C)c3cccnn3)C2)cs1. The van der Waals surface area contributed by atoms with Gasteiger partial charge in [-0.25, -0.2) is 4.98 Å². The predicted molar refractivity (Wildman–Crippen MR) is 93.1 cm³/mol. The van der Waals surface area contributed by atoms with Crippen LogP contribution >= 0.6 is 11.3 Å². The number of nitrogens with zero attached hydrogens (tertiary/aromatic N) is 5. The zero-order chi connectivity index (χ0) is 16.8. The number of morpholine rings is 1. The molecule has 1 atom stereocenters. The lowest BCUT2D eigenvalue weighted by Crippen LogP contribution is -2.46. The Balaban J connectivity index is 1.52. The second-order valence-electron chi connectivity index (χ2n) is 5.86. The molecule has 3 heterocycles. The molecule has 0 aromatic carbocycles. The number of anilines is 1. The Kier molecular flexibility index (Phi) is 6.08. The van der Waals surface area contributed by atoms with E-state index in [2.05, 4.69) is 30.4 Å². The fourth-order valence-electron chi connectivity index (χ4n) is 2.77. The van der Waals surface area contributed by atoms with Gasteiger partial charge in [-0.2, -0.15) is 5.10 Å². The first-order valence-electron chi connectivity index (χ1n) is 7.99. The third-order valence-corrected chi connectivity index (χ3v) is 4.77. The van der Waals surface area contributed by atoms with Gasteiger partial charge in [0, 0.05) is 51.9 Å². The van der Waals surface area contributed by atoms with Crippen LogP contribution in [0.2, 0.25) is 0 Å². The van der Waals surface area contributed by atoms with Gasteiger partial charge in [-0.15, -0.1) is 16.4 Å². The topological polar surface area (TPSA) is 63.6 Å². The van der Waals surface area contributed by atoms with E-state index in [1.54, 1.807) is 24.6 Å². The number of hydrogen-bond donors (Lipinski definition) is 0. The molecule has 0 spiro atoms. The largest absolute Gasteiger partial charge is 0.378 e. The van der Waals surface area contributed by atoms with Crippen molar-refractivity contribution in [1.82, 2.24) is 20.1 Å². The molecular formula is C16H23N5O2S. The van der Waals surface area contributed by atoms with Crippen molar-refractivity contribution in [3.8, 4) is 0 Å². The third-order valence-electron chi connectivity index (χ3n) is 3.90. The molecule has 8 heteroatoms. The molecule has 0 unspecified atom stereocenters. The van der Waals surface area contributed by atoms with E-state index < -0.39 is 0 Å². The summed E-state index contributed by atoms with van der Waals surface area (Å²) in [6.07, 6.45) is 1.84. The average Bonchev–Trinajstić information content (AvgIpc) is 3.03.